The lowest BCUT2D eigenvalue weighted by atomic mass is 10.4. The summed E-state index contributed by atoms with van der Waals surface area (Å²) in [7, 11) is 0. The van der Waals surface area contributed by atoms with Crippen molar-refractivity contribution >= 4 is 5.97 Å². The van der Waals surface area contributed by atoms with Crippen molar-refractivity contribution in [3.8, 4) is 0 Å². The normalized spacial score (nSPS) is 6.92. The van der Waals surface area contributed by atoms with E-state index in [2.05, 4.69) is 13.2 Å². The van der Waals surface area contributed by atoms with Crippen LogP contribution in [0.15, 0.2) is 43.5 Å². The van der Waals surface area contributed by atoms with Crippen LogP contribution < -0.4 is 0 Å². The van der Waals surface area contributed by atoms with Gasteiger partial charge in [-0.2, -0.15) is 0 Å². The monoisotopic (exact) mass is 184 g/mol. The summed E-state index contributed by atoms with van der Waals surface area (Å²) < 4.78 is 11.9. The second-order valence-corrected chi connectivity index (χ2v) is 1.81. The summed E-state index contributed by atoms with van der Waals surface area (Å²) in [6.45, 7) is 7.08. The van der Waals surface area contributed by atoms with Gasteiger partial charge < -0.3 is 5.11 Å². The van der Waals surface area contributed by atoms with Crippen molar-refractivity contribution in [1.82, 2.24) is 0 Å². The van der Waals surface area contributed by atoms with Crippen molar-refractivity contribution in [3.63, 3.8) is 0 Å². The van der Waals surface area contributed by atoms with Crippen LogP contribution in [-0.4, -0.2) is 11.1 Å². The average molecular weight is 184 g/mol. The highest BCUT2D eigenvalue weighted by molar-refractivity contribution is 5.62. The van der Waals surface area contributed by atoms with E-state index >= 15 is 0 Å². The molecule has 0 fully saturated rings. The fourth-order valence-electron chi connectivity index (χ4n) is 0.415. The maximum Gasteiger partial charge on any atom is 0.300 e. The summed E-state index contributed by atoms with van der Waals surface area (Å²) in [5.41, 5.74) is 0. The Kier molecular flexibility index (Phi) is 11.1. The van der Waals surface area contributed by atoms with E-state index in [0.29, 0.717) is 0 Å². The first-order valence-corrected chi connectivity index (χ1v) is 3.53. The SMILES string of the molecule is C=C.CC(=O)O.Fc1ccccc1. The standard InChI is InChI=1S/C6H5F.C2H4O2.C2H4/c7-6-4-2-1-3-5-6;1-2(3)4;1-2/h1-5H;1H3,(H,3,4);1-2H2. The van der Waals surface area contributed by atoms with E-state index in [1.807, 2.05) is 0 Å². The second kappa shape index (κ2) is 10.4. The first-order chi connectivity index (χ1) is 6.13. The van der Waals surface area contributed by atoms with E-state index in [0.717, 1.165) is 6.92 Å². The molecule has 0 aliphatic heterocycles. The summed E-state index contributed by atoms with van der Waals surface area (Å²) >= 11 is 0. The molecule has 0 atom stereocenters. The molecule has 1 aromatic carbocycles. The molecule has 0 aliphatic rings. The van der Waals surface area contributed by atoms with Crippen molar-refractivity contribution in [1.29, 1.82) is 0 Å². The van der Waals surface area contributed by atoms with Crippen LogP contribution in [0.3, 0.4) is 0 Å². The molecule has 1 rings (SSSR count). The van der Waals surface area contributed by atoms with E-state index in [1.54, 1.807) is 18.2 Å². The van der Waals surface area contributed by atoms with Crippen LogP contribution in [0.4, 0.5) is 4.39 Å². The number of halogens is 1. The Morgan fingerprint density at radius 2 is 1.62 bits per heavy atom. The number of carboxylic acids is 1. The van der Waals surface area contributed by atoms with Crippen LogP contribution in [0.25, 0.3) is 0 Å². The summed E-state index contributed by atoms with van der Waals surface area (Å²) in [5, 5.41) is 7.42. The van der Waals surface area contributed by atoms with Gasteiger partial charge in [0.1, 0.15) is 5.82 Å². The van der Waals surface area contributed by atoms with E-state index in [4.69, 9.17) is 9.90 Å². The molecule has 2 nitrogen and oxygen atoms in total. The maximum absolute atomic E-state index is 11.9. The Balaban J connectivity index is 0. The van der Waals surface area contributed by atoms with E-state index in [-0.39, 0.29) is 5.82 Å². The number of carboxylic acid groups (broad SMARTS) is 1. The number of hydrogen-bond donors (Lipinski definition) is 1. The Labute approximate surface area is 77.3 Å². The topological polar surface area (TPSA) is 37.3 Å². The van der Waals surface area contributed by atoms with Crippen molar-refractivity contribution < 1.29 is 14.3 Å². The van der Waals surface area contributed by atoms with Gasteiger partial charge in [-0.1, -0.05) is 18.2 Å². The smallest absolute Gasteiger partial charge is 0.300 e. The fraction of sp³-hybridized carbons (Fsp3) is 0.100. The van der Waals surface area contributed by atoms with E-state index in [9.17, 15) is 4.39 Å². The summed E-state index contributed by atoms with van der Waals surface area (Å²) in [6, 6.07) is 7.94. The number of hydrogen-bond acceptors (Lipinski definition) is 1. The number of rotatable bonds is 0. The quantitative estimate of drug-likeness (QED) is 0.629. The second-order valence-electron chi connectivity index (χ2n) is 1.81. The van der Waals surface area contributed by atoms with Gasteiger partial charge in [-0.3, -0.25) is 4.79 Å². The minimum atomic E-state index is -0.833. The van der Waals surface area contributed by atoms with Crippen LogP contribution in [0, 0.1) is 5.82 Å². The lowest BCUT2D eigenvalue weighted by Crippen LogP contribution is -1.78. The first kappa shape index (κ1) is 13.9. The minimum Gasteiger partial charge on any atom is -0.481 e. The van der Waals surface area contributed by atoms with Gasteiger partial charge in [0, 0.05) is 6.92 Å². The molecule has 0 radical (unpaired) electrons. The number of carbonyl (C=O) groups is 1. The van der Waals surface area contributed by atoms with Gasteiger partial charge in [-0.25, -0.2) is 4.39 Å². The van der Waals surface area contributed by atoms with Gasteiger partial charge >= 0.3 is 0 Å². The highest BCUT2D eigenvalue weighted by Crippen LogP contribution is 1.91. The Hall–Kier alpha value is -1.64. The van der Waals surface area contributed by atoms with Gasteiger partial charge in [0.25, 0.3) is 5.97 Å². The zero-order chi connectivity index (χ0) is 10.7. The van der Waals surface area contributed by atoms with Gasteiger partial charge in [0.05, 0.1) is 0 Å². The fourth-order valence-corrected chi connectivity index (χ4v) is 0.415. The van der Waals surface area contributed by atoms with Crippen LogP contribution in [0.5, 0.6) is 0 Å². The predicted octanol–water partition coefficient (Wildman–Crippen LogP) is 2.72. The van der Waals surface area contributed by atoms with Crippen LogP contribution in [0.2, 0.25) is 0 Å². The third-order valence-electron chi connectivity index (χ3n) is 0.733. The first-order valence-electron chi connectivity index (χ1n) is 3.53. The molecule has 0 unspecified atom stereocenters. The third kappa shape index (κ3) is 17.9. The van der Waals surface area contributed by atoms with Crippen molar-refractivity contribution in [2.75, 3.05) is 0 Å². The molecule has 0 aliphatic carbocycles. The zero-order valence-corrected chi connectivity index (χ0v) is 7.53. The zero-order valence-electron chi connectivity index (χ0n) is 7.53. The molecule has 0 saturated carbocycles. The van der Waals surface area contributed by atoms with Crippen LogP contribution in [0.1, 0.15) is 6.92 Å². The molecule has 0 saturated heterocycles. The average Bonchev–Trinajstić information content (AvgIpc) is 2.08. The summed E-state index contributed by atoms with van der Waals surface area (Å²) in [4.78, 5) is 9.00. The molecule has 0 amide bonds. The highest BCUT2D eigenvalue weighted by atomic mass is 19.1. The molecular weight excluding hydrogens is 171 g/mol. The molecular formula is C10H13FO2. The lowest BCUT2D eigenvalue weighted by molar-refractivity contribution is -0.134. The number of benzene rings is 1. The highest BCUT2D eigenvalue weighted by Gasteiger charge is 1.77. The molecule has 0 aromatic heterocycles. The molecule has 1 N–H and O–H groups in total. The minimum absolute atomic E-state index is 0.178. The Morgan fingerprint density at radius 3 is 1.77 bits per heavy atom. The molecule has 0 bridgehead atoms. The third-order valence-corrected chi connectivity index (χ3v) is 0.733. The lowest BCUT2D eigenvalue weighted by Gasteiger charge is -1.78. The van der Waals surface area contributed by atoms with Crippen molar-refractivity contribution in [3.05, 3.63) is 49.3 Å². The maximum atomic E-state index is 11.9. The van der Waals surface area contributed by atoms with Crippen LogP contribution in [-0.2, 0) is 4.79 Å². The predicted molar refractivity (Wildman–Crippen MR) is 51.0 cm³/mol. The number of aliphatic carboxylic acids is 1. The molecule has 0 heterocycles. The summed E-state index contributed by atoms with van der Waals surface area (Å²) in [5.74, 6) is -1.01. The van der Waals surface area contributed by atoms with Crippen LogP contribution >= 0.6 is 0 Å². The van der Waals surface area contributed by atoms with E-state index in [1.165, 1.54) is 12.1 Å². The van der Waals surface area contributed by atoms with Crippen molar-refractivity contribution in [2.45, 2.75) is 6.92 Å². The summed E-state index contributed by atoms with van der Waals surface area (Å²) in [6.07, 6.45) is 0. The molecule has 72 valence electrons. The van der Waals surface area contributed by atoms with Gasteiger partial charge in [-0.05, 0) is 12.1 Å². The molecule has 13 heavy (non-hydrogen) atoms. The Bertz CT molecular complexity index is 218. The van der Waals surface area contributed by atoms with Gasteiger partial charge in [0.15, 0.2) is 0 Å². The van der Waals surface area contributed by atoms with Gasteiger partial charge in [0.2, 0.25) is 0 Å². The molecule has 3 heteroatoms. The molecule has 0 spiro atoms. The van der Waals surface area contributed by atoms with Crippen molar-refractivity contribution in [2.24, 2.45) is 0 Å². The van der Waals surface area contributed by atoms with Gasteiger partial charge in [-0.15, -0.1) is 13.2 Å². The molecule has 1 aromatic rings. The largest absolute Gasteiger partial charge is 0.481 e. The van der Waals surface area contributed by atoms with E-state index < -0.39 is 5.97 Å². The Morgan fingerprint density at radius 1 is 1.31 bits per heavy atom.